The van der Waals surface area contributed by atoms with Crippen molar-refractivity contribution >= 4 is 40.6 Å². The van der Waals surface area contributed by atoms with Crippen LogP contribution in [0.15, 0.2) is 47.5 Å². The van der Waals surface area contributed by atoms with Crippen LogP contribution in [0.1, 0.15) is 94.3 Å². The molecule has 1 unspecified atom stereocenters. The van der Waals surface area contributed by atoms with Crippen molar-refractivity contribution in [2.45, 2.75) is 74.1 Å². The number of nitrogens with two attached hydrogens (primary N) is 1. The number of hydrazine groups is 1. The minimum atomic E-state index is -0.323. The van der Waals surface area contributed by atoms with Gasteiger partial charge in [-0.25, -0.2) is 4.79 Å². The summed E-state index contributed by atoms with van der Waals surface area (Å²) in [4.78, 5) is 19.4. The van der Waals surface area contributed by atoms with Gasteiger partial charge in [-0.3, -0.25) is 15.8 Å². The van der Waals surface area contributed by atoms with Crippen LogP contribution in [0.3, 0.4) is 0 Å². The number of hydrogen-bond acceptors (Lipinski definition) is 8. The zero-order valence-corrected chi connectivity index (χ0v) is 28.5. The van der Waals surface area contributed by atoms with Crippen LogP contribution in [0.25, 0.3) is 0 Å². The molecule has 8 nitrogen and oxygen atoms in total. The number of benzene rings is 2. The molecule has 0 aliphatic heterocycles. The lowest BCUT2D eigenvalue weighted by molar-refractivity contribution is 0.0428. The van der Waals surface area contributed by atoms with Crippen LogP contribution in [-0.2, 0) is 4.74 Å². The largest absolute Gasteiger partial charge is 0.462 e. The van der Waals surface area contributed by atoms with Crippen LogP contribution in [0.5, 0.6) is 0 Å². The Morgan fingerprint density at radius 1 is 1.07 bits per heavy atom. The van der Waals surface area contributed by atoms with E-state index in [0.717, 1.165) is 50.0 Å². The standard InChI is InChI=1S/C38H50N6O2/c1-8-10-11-29(9-2)25-46-38(45)31-13-15-33(16-14-31)41-22-30-12-17-35(32(19-30)21-39)42-43-36-18-28(7)37(20-34(36)40)44(23-26(3)4)24-27(5)6/h13-16,18-20,22,26-27,29,42-43H,8-11,23-25,40H2,1-7H3. The van der Waals surface area contributed by atoms with Crippen LogP contribution < -0.4 is 21.5 Å². The Balaban J connectivity index is 1.64. The number of ether oxygens (including phenoxy) is 1. The third-order valence-electron chi connectivity index (χ3n) is 7.67. The summed E-state index contributed by atoms with van der Waals surface area (Å²) in [6, 6.07) is 20.9. The summed E-state index contributed by atoms with van der Waals surface area (Å²) in [6.45, 7) is 17.6. The number of aryl methyl sites for hydroxylation is 1. The maximum atomic E-state index is 12.5. The SMILES string of the molecule is CCCCC(CC)COC(=O)c1ccc(N=Cc2c#cc(NNc3cc(C)c(N(CC(C)C)CC(C)C)cc3N)c(C#N)c2)cc1. The van der Waals surface area contributed by atoms with E-state index in [1.807, 2.05) is 12.1 Å². The van der Waals surface area contributed by atoms with Crippen LogP contribution in [0.4, 0.5) is 28.4 Å². The van der Waals surface area contributed by atoms with E-state index in [9.17, 15) is 10.1 Å². The minimum Gasteiger partial charge on any atom is -0.462 e. The topological polar surface area (TPSA) is 116 Å². The molecule has 3 rings (SSSR count). The van der Waals surface area contributed by atoms with Gasteiger partial charge in [0.1, 0.15) is 11.8 Å². The van der Waals surface area contributed by atoms with E-state index in [2.05, 4.69) is 87.4 Å². The Labute approximate surface area is 276 Å². The molecule has 0 saturated carbocycles. The number of carbonyl (C=O) groups is 1. The quantitative estimate of drug-likeness (QED) is 0.0597. The van der Waals surface area contributed by atoms with Gasteiger partial charge in [0.05, 0.1) is 34.8 Å². The summed E-state index contributed by atoms with van der Waals surface area (Å²) < 4.78 is 5.55. The molecule has 0 spiro atoms. The molecule has 4 N–H and O–H groups in total. The van der Waals surface area contributed by atoms with E-state index in [4.69, 9.17) is 10.5 Å². The Kier molecular flexibility index (Phi) is 13.8. The fraction of sp³-hybridized carbons (Fsp3) is 0.447. The number of nitrogens with one attached hydrogen (secondary N) is 2. The normalized spacial score (nSPS) is 11.7. The molecule has 3 aromatic rings. The molecule has 0 aliphatic rings. The summed E-state index contributed by atoms with van der Waals surface area (Å²) in [6.07, 6.45) is 5.96. The van der Waals surface area contributed by atoms with Gasteiger partial charge >= 0.3 is 5.97 Å². The van der Waals surface area contributed by atoms with Gasteiger partial charge in [-0.1, -0.05) is 66.9 Å². The maximum Gasteiger partial charge on any atom is 0.338 e. The number of aliphatic imine (C=N–C) groups is 1. The van der Waals surface area contributed by atoms with Gasteiger partial charge in [-0.2, -0.15) is 5.26 Å². The smallest absolute Gasteiger partial charge is 0.338 e. The predicted octanol–water partition coefficient (Wildman–Crippen LogP) is 8.73. The molecule has 0 amide bonds. The highest BCUT2D eigenvalue weighted by Gasteiger charge is 2.16. The highest BCUT2D eigenvalue weighted by molar-refractivity contribution is 5.90. The van der Waals surface area contributed by atoms with Crippen molar-refractivity contribution in [2.24, 2.45) is 22.7 Å². The zero-order valence-electron chi connectivity index (χ0n) is 28.5. The van der Waals surface area contributed by atoms with E-state index in [1.54, 1.807) is 36.5 Å². The lowest BCUT2D eigenvalue weighted by Gasteiger charge is -2.30. The van der Waals surface area contributed by atoms with Crippen molar-refractivity contribution in [1.82, 2.24) is 0 Å². The molecular formula is C38H50N6O2. The second-order valence-corrected chi connectivity index (χ2v) is 12.7. The first-order valence-electron chi connectivity index (χ1n) is 16.4. The molecule has 0 fully saturated rings. The predicted molar refractivity (Wildman–Crippen MR) is 191 cm³/mol. The minimum absolute atomic E-state index is 0.323. The monoisotopic (exact) mass is 622 g/mol. The lowest BCUT2D eigenvalue weighted by Crippen LogP contribution is -2.32. The highest BCUT2D eigenvalue weighted by Crippen LogP contribution is 2.31. The van der Waals surface area contributed by atoms with Crippen molar-refractivity contribution in [2.75, 3.05) is 41.2 Å². The highest BCUT2D eigenvalue weighted by atomic mass is 16.5. The van der Waals surface area contributed by atoms with Crippen molar-refractivity contribution in [3.05, 3.63) is 76.9 Å². The first-order chi connectivity index (χ1) is 22.0. The fourth-order valence-electron chi connectivity index (χ4n) is 5.17. The zero-order chi connectivity index (χ0) is 33.6. The van der Waals surface area contributed by atoms with Gasteiger partial charge in [0.25, 0.3) is 0 Å². The van der Waals surface area contributed by atoms with Gasteiger partial charge in [-0.15, -0.1) is 0 Å². The fourth-order valence-corrected chi connectivity index (χ4v) is 5.17. The van der Waals surface area contributed by atoms with Crippen molar-refractivity contribution in [3.63, 3.8) is 0 Å². The van der Waals surface area contributed by atoms with Gasteiger partial charge in [0.2, 0.25) is 0 Å². The number of esters is 1. The van der Waals surface area contributed by atoms with Crippen LogP contribution in [0.2, 0.25) is 0 Å². The Morgan fingerprint density at radius 3 is 2.37 bits per heavy atom. The molecule has 0 heterocycles. The number of unbranched alkanes of at least 4 members (excludes halogenated alkanes) is 1. The Morgan fingerprint density at radius 2 is 1.76 bits per heavy atom. The van der Waals surface area contributed by atoms with E-state index < -0.39 is 0 Å². The lowest BCUT2D eigenvalue weighted by atomic mass is 10.0. The van der Waals surface area contributed by atoms with Crippen LogP contribution in [0, 0.1) is 48.1 Å². The summed E-state index contributed by atoms with van der Waals surface area (Å²) in [5.41, 5.74) is 18.8. The van der Waals surface area contributed by atoms with Crippen molar-refractivity contribution in [3.8, 4) is 6.07 Å². The molecular weight excluding hydrogens is 572 g/mol. The summed E-state index contributed by atoms with van der Waals surface area (Å²) in [5.74, 6) is 1.12. The third kappa shape index (κ3) is 10.7. The molecule has 3 aromatic carbocycles. The molecule has 1 atom stereocenters. The van der Waals surface area contributed by atoms with Crippen LogP contribution in [-0.4, -0.2) is 31.9 Å². The molecule has 8 heteroatoms. The second kappa shape index (κ2) is 17.7. The molecule has 0 aliphatic carbocycles. The molecule has 244 valence electrons. The number of nitrogen functional groups attached to an aromatic ring is 1. The van der Waals surface area contributed by atoms with E-state index in [1.165, 1.54) is 0 Å². The number of anilines is 4. The molecule has 0 radical (unpaired) electrons. The van der Waals surface area contributed by atoms with Gasteiger partial charge in [0, 0.05) is 30.6 Å². The van der Waals surface area contributed by atoms with Gasteiger partial charge < -0.3 is 15.4 Å². The number of nitriles is 1. The van der Waals surface area contributed by atoms with E-state index in [-0.39, 0.29) is 5.97 Å². The summed E-state index contributed by atoms with van der Waals surface area (Å²) >= 11 is 0. The first-order valence-corrected chi connectivity index (χ1v) is 16.4. The molecule has 0 bridgehead atoms. The summed E-state index contributed by atoms with van der Waals surface area (Å²) in [5, 5.41) is 9.81. The van der Waals surface area contributed by atoms with Crippen LogP contribution >= 0.6 is 0 Å². The second-order valence-electron chi connectivity index (χ2n) is 12.7. The number of hydrogen-bond donors (Lipinski definition) is 3. The van der Waals surface area contributed by atoms with Crippen molar-refractivity contribution < 1.29 is 9.53 Å². The molecule has 46 heavy (non-hydrogen) atoms. The maximum absolute atomic E-state index is 12.5. The number of carbonyl (C=O) groups excluding carboxylic acids is 1. The number of nitrogens with zero attached hydrogens (tertiary/aromatic N) is 3. The van der Waals surface area contributed by atoms with Gasteiger partial charge in [-0.05, 0) is 85.2 Å². The Hall–Kier alpha value is -4.69. The Bertz CT molecular complexity index is 1480. The first kappa shape index (κ1) is 35.8. The van der Waals surface area contributed by atoms with E-state index in [0.29, 0.717) is 63.8 Å². The number of rotatable bonds is 17. The summed E-state index contributed by atoms with van der Waals surface area (Å²) in [7, 11) is 0. The van der Waals surface area contributed by atoms with Gasteiger partial charge in [0.15, 0.2) is 0 Å². The molecule has 0 aromatic heterocycles. The van der Waals surface area contributed by atoms with E-state index >= 15 is 0 Å². The average molecular weight is 623 g/mol. The molecule has 0 saturated heterocycles. The average Bonchev–Trinajstić information content (AvgIpc) is 3.03. The third-order valence-corrected chi connectivity index (χ3v) is 7.67. The van der Waals surface area contributed by atoms with Crippen molar-refractivity contribution in [1.29, 1.82) is 5.26 Å².